The van der Waals surface area contributed by atoms with Gasteiger partial charge in [-0.25, -0.2) is 0 Å². The van der Waals surface area contributed by atoms with E-state index in [0.29, 0.717) is 26.4 Å². The van der Waals surface area contributed by atoms with Crippen molar-refractivity contribution in [2.75, 3.05) is 26.4 Å². The Balaban J connectivity index is 5.69. The second kappa shape index (κ2) is 16.9. The molecule has 0 aromatic carbocycles. The molecule has 0 bridgehead atoms. The van der Waals surface area contributed by atoms with Crippen LogP contribution in [-0.4, -0.2) is 70.6 Å². The molecule has 29 heavy (non-hydrogen) atoms. The van der Waals surface area contributed by atoms with Crippen LogP contribution in [0, 0.1) is 0 Å². The molecule has 0 aromatic rings. The van der Waals surface area contributed by atoms with Gasteiger partial charge >= 0.3 is 0 Å². The van der Waals surface area contributed by atoms with Gasteiger partial charge in [0.2, 0.25) is 0 Å². The first-order chi connectivity index (χ1) is 13.9. The number of hydrogen-bond acceptors (Lipinski definition) is 5. The van der Waals surface area contributed by atoms with Crippen molar-refractivity contribution < 1.29 is 18.9 Å². The predicted octanol–water partition coefficient (Wildman–Crippen LogP) is 2.80. The molecule has 0 saturated carbocycles. The summed E-state index contributed by atoms with van der Waals surface area (Å²) in [7, 11) is 2.34. The fourth-order valence-electron chi connectivity index (χ4n) is 3.52. The molecule has 0 spiro atoms. The smallest absolute Gasteiger partial charge is 0.180 e. The Labute approximate surface area is 187 Å². The molecule has 5 nitrogen and oxygen atoms in total. The summed E-state index contributed by atoms with van der Waals surface area (Å²) in [5.74, 6) is -1.26. The first-order valence-electron chi connectivity index (χ1n) is 12.2. The van der Waals surface area contributed by atoms with Crippen LogP contribution >= 0.6 is 0 Å². The normalized spacial score (nSPS) is 15.1. The molecule has 7 heteroatoms. The fourth-order valence-corrected chi connectivity index (χ4v) is 4.67. The second-order valence-corrected chi connectivity index (χ2v) is 10.3. The molecule has 0 aliphatic heterocycles. The fraction of sp³-hybridized carbons (Fsp3) is 1.00. The van der Waals surface area contributed by atoms with E-state index in [-0.39, 0.29) is 12.1 Å². The third-order valence-corrected chi connectivity index (χ3v) is 6.35. The highest BCUT2D eigenvalue weighted by molar-refractivity contribution is 6.08. The second-order valence-electron chi connectivity index (χ2n) is 8.27. The summed E-state index contributed by atoms with van der Waals surface area (Å²) in [6, 6.07) is 2.64. The van der Waals surface area contributed by atoms with Gasteiger partial charge in [-0.1, -0.05) is 39.8 Å². The minimum atomic E-state index is -0.629. The van der Waals surface area contributed by atoms with E-state index < -0.39 is 11.6 Å². The molecule has 0 aromatic heterocycles. The van der Waals surface area contributed by atoms with Crippen LogP contribution in [-0.2, 0) is 18.9 Å². The largest absolute Gasteiger partial charge is 0.349 e. The summed E-state index contributed by atoms with van der Waals surface area (Å²) in [6.07, 6.45) is 6.04. The summed E-state index contributed by atoms with van der Waals surface area (Å²) in [6.45, 7) is 15.7. The van der Waals surface area contributed by atoms with E-state index in [2.05, 4.69) is 46.9 Å². The number of rotatable bonds is 20. The van der Waals surface area contributed by atoms with Crippen molar-refractivity contribution in [1.82, 2.24) is 5.32 Å². The van der Waals surface area contributed by atoms with Crippen LogP contribution in [0.25, 0.3) is 0 Å². The molecule has 0 fully saturated rings. The molecule has 2 atom stereocenters. The maximum atomic E-state index is 6.31. The highest BCUT2D eigenvalue weighted by atomic mass is 28.1. The van der Waals surface area contributed by atoms with Crippen molar-refractivity contribution in [3.05, 3.63) is 0 Å². The SMILES string of the molecule is CCCOC(C)(OCCC)C(CC[SiH3])NC(CC[SiH3])C(C)(OCCC)OCCC. The lowest BCUT2D eigenvalue weighted by Gasteiger charge is -2.44. The average molecular weight is 450 g/mol. The number of nitrogens with one attached hydrogen (secondary N) is 1. The maximum Gasteiger partial charge on any atom is 0.180 e. The van der Waals surface area contributed by atoms with Crippen LogP contribution in [0.5, 0.6) is 0 Å². The van der Waals surface area contributed by atoms with Crippen molar-refractivity contribution in [2.45, 2.75) is 116 Å². The van der Waals surface area contributed by atoms with E-state index in [1.807, 2.05) is 0 Å². The Kier molecular flexibility index (Phi) is 17.0. The first-order valence-corrected chi connectivity index (χ1v) is 15.0. The van der Waals surface area contributed by atoms with Crippen LogP contribution < -0.4 is 5.32 Å². The lowest BCUT2D eigenvalue weighted by atomic mass is 9.99. The topological polar surface area (TPSA) is 49.0 Å². The van der Waals surface area contributed by atoms with Gasteiger partial charge < -0.3 is 24.3 Å². The van der Waals surface area contributed by atoms with Crippen LogP contribution in [0.15, 0.2) is 0 Å². The molecular formula is C22H51NO4Si2. The highest BCUT2D eigenvalue weighted by Gasteiger charge is 2.42. The van der Waals surface area contributed by atoms with Crippen molar-refractivity contribution in [3.63, 3.8) is 0 Å². The molecule has 0 saturated heterocycles. The Bertz CT molecular complexity index is 338. The summed E-state index contributed by atoms with van der Waals surface area (Å²) < 4.78 is 25.2. The summed E-state index contributed by atoms with van der Waals surface area (Å²) >= 11 is 0. The highest BCUT2D eigenvalue weighted by Crippen LogP contribution is 2.28. The van der Waals surface area contributed by atoms with Crippen LogP contribution in [0.2, 0.25) is 12.1 Å². The zero-order valence-electron chi connectivity index (χ0n) is 20.8. The molecule has 0 rings (SSSR count). The summed E-state index contributed by atoms with van der Waals surface area (Å²) in [5, 5.41) is 3.92. The van der Waals surface area contributed by atoms with Gasteiger partial charge in [-0.2, -0.15) is 0 Å². The van der Waals surface area contributed by atoms with Crippen molar-refractivity contribution >= 4 is 20.5 Å². The number of ether oxygens (including phenoxy) is 4. The van der Waals surface area contributed by atoms with E-state index in [1.165, 1.54) is 32.6 Å². The van der Waals surface area contributed by atoms with Gasteiger partial charge in [0.05, 0.1) is 12.1 Å². The molecule has 0 aliphatic carbocycles. The standard InChI is InChI=1S/C22H51NO4Si2/c1-7-13-24-21(5,25-14-8-2)19(11-17-28)23-20(12-18-29)22(6,26-15-9-3)27-16-10-4/h19-20,23H,7-18H2,1-6,28-29H3. The molecule has 0 amide bonds. The molecular weight excluding hydrogens is 398 g/mol. The van der Waals surface area contributed by atoms with Crippen molar-refractivity contribution in [2.24, 2.45) is 0 Å². The molecule has 2 unspecified atom stereocenters. The van der Waals surface area contributed by atoms with Crippen LogP contribution in [0.3, 0.4) is 0 Å². The van der Waals surface area contributed by atoms with Gasteiger partial charge in [-0.15, -0.1) is 0 Å². The zero-order chi connectivity index (χ0) is 22.2. The number of hydrogen-bond donors (Lipinski definition) is 1. The van der Waals surface area contributed by atoms with E-state index in [9.17, 15) is 0 Å². The Morgan fingerprint density at radius 1 is 0.621 bits per heavy atom. The minimum Gasteiger partial charge on any atom is -0.349 e. The lowest BCUT2D eigenvalue weighted by Crippen LogP contribution is -2.61. The molecule has 0 radical (unpaired) electrons. The Hall–Kier alpha value is 0.234. The van der Waals surface area contributed by atoms with Gasteiger partial charge in [-0.3, -0.25) is 0 Å². The monoisotopic (exact) mass is 449 g/mol. The minimum absolute atomic E-state index is 0.117. The third-order valence-electron chi connectivity index (χ3n) is 5.19. The third kappa shape index (κ3) is 10.9. The van der Waals surface area contributed by atoms with Gasteiger partial charge in [-0.05, 0) is 52.4 Å². The van der Waals surface area contributed by atoms with Gasteiger partial charge in [0, 0.05) is 46.9 Å². The lowest BCUT2D eigenvalue weighted by molar-refractivity contribution is -0.264. The molecule has 0 heterocycles. The summed E-state index contributed by atoms with van der Waals surface area (Å²) in [5.41, 5.74) is 0. The Morgan fingerprint density at radius 2 is 0.897 bits per heavy atom. The predicted molar refractivity (Wildman–Crippen MR) is 131 cm³/mol. The van der Waals surface area contributed by atoms with Crippen molar-refractivity contribution in [3.8, 4) is 0 Å². The van der Waals surface area contributed by atoms with E-state index in [0.717, 1.165) is 38.5 Å². The van der Waals surface area contributed by atoms with Gasteiger partial charge in [0.25, 0.3) is 0 Å². The zero-order valence-corrected chi connectivity index (χ0v) is 24.8. The molecule has 0 aliphatic rings. The maximum absolute atomic E-state index is 6.31. The van der Waals surface area contributed by atoms with E-state index >= 15 is 0 Å². The summed E-state index contributed by atoms with van der Waals surface area (Å²) in [4.78, 5) is 0. The molecule has 1 N–H and O–H groups in total. The van der Waals surface area contributed by atoms with E-state index in [1.54, 1.807) is 0 Å². The van der Waals surface area contributed by atoms with Crippen LogP contribution in [0.4, 0.5) is 0 Å². The van der Waals surface area contributed by atoms with Gasteiger partial charge in [0.15, 0.2) is 11.6 Å². The van der Waals surface area contributed by atoms with Crippen LogP contribution in [0.1, 0.15) is 80.1 Å². The van der Waals surface area contributed by atoms with Gasteiger partial charge in [0.1, 0.15) is 0 Å². The first kappa shape index (κ1) is 29.2. The average Bonchev–Trinajstić information content (AvgIpc) is 2.72. The molecule has 176 valence electrons. The Morgan fingerprint density at radius 3 is 1.10 bits per heavy atom. The van der Waals surface area contributed by atoms with Crippen molar-refractivity contribution in [1.29, 1.82) is 0 Å². The quantitative estimate of drug-likeness (QED) is 0.229. The van der Waals surface area contributed by atoms with E-state index in [4.69, 9.17) is 18.9 Å².